The number of nitrogens with zero attached hydrogens (tertiary/aromatic N) is 2. The quantitative estimate of drug-likeness (QED) is 0.608. The van der Waals surface area contributed by atoms with E-state index in [2.05, 4.69) is 4.98 Å². The first kappa shape index (κ1) is 19.4. The summed E-state index contributed by atoms with van der Waals surface area (Å²) in [7, 11) is 1.41. The molecule has 0 spiro atoms. The summed E-state index contributed by atoms with van der Waals surface area (Å²) in [4.78, 5) is 32.1. The molecule has 0 aliphatic carbocycles. The molecule has 2 heterocycles. The Bertz CT molecular complexity index is 1060. The van der Waals surface area contributed by atoms with Crippen LogP contribution in [0.15, 0.2) is 60.8 Å². The van der Waals surface area contributed by atoms with Crippen molar-refractivity contribution in [3.05, 3.63) is 76.9 Å². The van der Waals surface area contributed by atoms with E-state index < -0.39 is 5.41 Å². The van der Waals surface area contributed by atoms with E-state index in [1.807, 2.05) is 42.5 Å². The molecule has 6 heteroatoms. The number of rotatable bonds is 3. The summed E-state index contributed by atoms with van der Waals surface area (Å²) in [6.45, 7) is 0.896. The Hall–Kier alpha value is -2.92. The lowest BCUT2D eigenvalue weighted by molar-refractivity contribution is -0.149. The van der Waals surface area contributed by atoms with Crippen molar-refractivity contribution in [1.82, 2.24) is 9.88 Å². The van der Waals surface area contributed by atoms with E-state index in [1.54, 1.807) is 23.2 Å². The van der Waals surface area contributed by atoms with Gasteiger partial charge in [0.25, 0.3) is 5.91 Å². The number of amides is 1. The van der Waals surface area contributed by atoms with Gasteiger partial charge in [-0.2, -0.15) is 0 Å². The second-order valence-electron chi connectivity index (χ2n) is 7.26. The topological polar surface area (TPSA) is 59.5 Å². The molecule has 1 aliphatic rings. The van der Waals surface area contributed by atoms with Gasteiger partial charge in [0.2, 0.25) is 0 Å². The molecule has 2 aromatic carbocycles. The number of pyridine rings is 1. The van der Waals surface area contributed by atoms with E-state index in [1.165, 1.54) is 7.11 Å². The Kier molecular flexibility index (Phi) is 5.24. The van der Waals surface area contributed by atoms with Crippen LogP contribution in [0.5, 0.6) is 0 Å². The largest absolute Gasteiger partial charge is 0.468 e. The minimum absolute atomic E-state index is 0.122. The molecule has 148 valence electrons. The summed E-state index contributed by atoms with van der Waals surface area (Å²) in [5.41, 5.74) is 1.31. The minimum atomic E-state index is -0.735. The van der Waals surface area contributed by atoms with Gasteiger partial charge in [0.05, 0.1) is 23.6 Å². The molecule has 0 N–H and O–H groups in total. The number of halogens is 1. The van der Waals surface area contributed by atoms with Crippen molar-refractivity contribution < 1.29 is 14.3 Å². The summed E-state index contributed by atoms with van der Waals surface area (Å²) >= 11 is 6.23. The van der Waals surface area contributed by atoms with Crippen LogP contribution in [0.2, 0.25) is 5.02 Å². The normalized spacial score (nSPS) is 15.9. The average molecular weight is 409 g/mol. The van der Waals surface area contributed by atoms with Gasteiger partial charge >= 0.3 is 5.97 Å². The smallest absolute Gasteiger partial charge is 0.316 e. The van der Waals surface area contributed by atoms with Gasteiger partial charge in [-0.3, -0.25) is 14.6 Å². The van der Waals surface area contributed by atoms with Crippen LogP contribution in [0.1, 0.15) is 28.8 Å². The molecule has 0 radical (unpaired) electrons. The minimum Gasteiger partial charge on any atom is -0.468 e. The lowest BCUT2D eigenvalue weighted by Crippen LogP contribution is -2.49. The lowest BCUT2D eigenvalue weighted by atomic mass is 9.72. The van der Waals surface area contributed by atoms with Crippen molar-refractivity contribution in [1.29, 1.82) is 0 Å². The molecule has 0 bridgehead atoms. The van der Waals surface area contributed by atoms with Crippen LogP contribution in [0.4, 0.5) is 0 Å². The van der Waals surface area contributed by atoms with Crippen molar-refractivity contribution in [3.63, 3.8) is 0 Å². The number of hydrogen-bond acceptors (Lipinski definition) is 4. The lowest BCUT2D eigenvalue weighted by Gasteiger charge is -2.40. The Morgan fingerprint density at radius 1 is 1.07 bits per heavy atom. The molecule has 1 saturated heterocycles. The van der Waals surface area contributed by atoms with Crippen LogP contribution in [-0.2, 0) is 14.9 Å². The van der Waals surface area contributed by atoms with Crippen LogP contribution in [-0.4, -0.2) is 42.0 Å². The number of esters is 1. The molecular weight excluding hydrogens is 388 g/mol. The Morgan fingerprint density at radius 2 is 1.79 bits per heavy atom. The van der Waals surface area contributed by atoms with Gasteiger partial charge in [0, 0.05) is 29.7 Å². The molecule has 5 nitrogen and oxygen atoms in total. The van der Waals surface area contributed by atoms with Gasteiger partial charge in [-0.15, -0.1) is 0 Å². The molecule has 1 aromatic heterocycles. The number of carbonyl (C=O) groups excluding carboxylic acids is 2. The van der Waals surface area contributed by atoms with Crippen LogP contribution < -0.4 is 0 Å². The molecule has 0 saturated carbocycles. The van der Waals surface area contributed by atoms with E-state index in [-0.39, 0.29) is 11.9 Å². The summed E-state index contributed by atoms with van der Waals surface area (Å²) in [5, 5.41) is 1.33. The van der Waals surface area contributed by atoms with Crippen molar-refractivity contribution in [2.75, 3.05) is 20.2 Å². The molecule has 1 fully saturated rings. The SMILES string of the molecule is COC(=O)C1(c2ccccc2)CCN(C(=O)c2cc(Cl)cc3cccnc23)CC1. The van der Waals surface area contributed by atoms with Gasteiger partial charge in [-0.25, -0.2) is 0 Å². The fraction of sp³-hybridized carbons (Fsp3) is 0.261. The number of likely N-dealkylation sites (tertiary alicyclic amines) is 1. The number of carbonyl (C=O) groups is 2. The third kappa shape index (κ3) is 3.47. The van der Waals surface area contributed by atoms with Crippen LogP contribution in [0.25, 0.3) is 10.9 Å². The molecule has 3 aromatic rings. The van der Waals surface area contributed by atoms with Crippen molar-refractivity contribution in [2.24, 2.45) is 0 Å². The number of ether oxygens (including phenoxy) is 1. The first-order valence-corrected chi connectivity index (χ1v) is 9.90. The second kappa shape index (κ2) is 7.84. The third-order valence-corrected chi connectivity index (χ3v) is 5.92. The van der Waals surface area contributed by atoms with Gasteiger partial charge < -0.3 is 9.64 Å². The zero-order valence-electron chi connectivity index (χ0n) is 16.1. The maximum absolute atomic E-state index is 13.3. The Balaban J connectivity index is 1.63. The maximum Gasteiger partial charge on any atom is 0.316 e. The summed E-state index contributed by atoms with van der Waals surface area (Å²) < 4.78 is 5.13. The highest BCUT2D eigenvalue weighted by Gasteiger charge is 2.44. The predicted octanol–water partition coefficient (Wildman–Crippen LogP) is 4.24. The monoisotopic (exact) mass is 408 g/mol. The molecule has 4 rings (SSSR count). The van der Waals surface area contributed by atoms with Gasteiger partial charge in [-0.05, 0) is 36.6 Å². The number of aromatic nitrogens is 1. The van der Waals surface area contributed by atoms with Crippen LogP contribution in [0, 0.1) is 0 Å². The molecule has 0 atom stereocenters. The van der Waals surface area contributed by atoms with Crippen LogP contribution >= 0.6 is 11.6 Å². The van der Waals surface area contributed by atoms with Gasteiger partial charge in [-0.1, -0.05) is 48.0 Å². The first-order chi connectivity index (χ1) is 14.0. The number of benzene rings is 2. The van der Waals surface area contributed by atoms with Crippen molar-refractivity contribution in [3.8, 4) is 0 Å². The van der Waals surface area contributed by atoms with E-state index in [0.29, 0.717) is 42.0 Å². The highest BCUT2D eigenvalue weighted by Crippen LogP contribution is 2.37. The zero-order valence-corrected chi connectivity index (χ0v) is 16.9. The number of fused-ring (bicyclic) bond motifs is 1. The molecule has 0 unspecified atom stereocenters. The highest BCUT2D eigenvalue weighted by molar-refractivity contribution is 6.32. The molecular formula is C23H21ClN2O3. The summed E-state index contributed by atoms with van der Waals surface area (Å²) in [6.07, 6.45) is 2.67. The van der Waals surface area contributed by atoms with E-state index in [4.69, 9.17) is 16.3 Å². The molecule has 1 amide bonds. The molecule has 1 aliphatic heterocycles. The highest BCUT2D eigenvalue weighted by atomic mass is 35.5. The Labute approximate surface area is 174 Å². The van der Waals surface area contributed by atoms with E-state index in [9.17, 15) is 9.59 Å². The average Bonchev–Trinajstić information content (AvgIpc) is 2.78. The van der Waals surface area contributed by atoms with Gasteiger partial charge in [0.15, 0.2) is 0 Å². The first-order valence-electron chi connectivity index (χ1n) is 9.53. The van der Waals surface area contributed by atoms with Crippen molar-refractivity contribution >= 4 is 34.4 Å². The number of piperidine rings is 1. The standard InChI is InChI=1S/C23H21ClN2O3/c1-29-22(28)23(17-7-3-2-4-8-17)9-12-26(13-10-23)21(27)19-15-18(24)14-16-6-5-11-25-20(16)19/h2-8,11,14-15H,9-10,12-13H2,1H3. The van der Waals surface area contributed by atoms with Crippen molar-refractivity contribution in [2.45, 2.75) is 18.3 Å². The summed E-state index contributed by atoms with van der Waals surface area (Å²) in [5.74, 6) is -0.381. The van der Waals surface area contributed by atoms with Gasteiger partial charge in [0.1, 0.15) is 0 Å². The van der Waals surface area contributed by atoms with E-state index in [0.717, 1.165) is 10.9 Å². The number of hydrogen-bond donors (Lipinski definition) is 0. The van der Waals surface area contributed by atoms with Crippen LogP contribution in [0.3, 0.4) is 0 Å². The second-order valence-corrected chi connectivity index (χ2v) is 7.70. The summed E-state index contributed by atoms with van der Waals surface area (Å²) in [6, 6.07) is 16.8. The molecule has 29 heavy (non-hydrogen) atoms. The Morgan fingerprint density at radius 3 is 2.48 bits per heavy atom. The zero-order chi connectivity index (χ0) is 20.4. The maximum atomic E-state index is 13.3. The third-order valence-electron chi connectivity index (χ3n) is 5.71. The number of methoxy groups -OCH3 is 1. The fourth-order valence-corrected chi connectivity index (χ4v) is 4.37. The fourth-order valence-electron chi connectivity index (χ4n) is 4.14. The predicted molar refractivity (Wildman–Crippen MR) is 112 cm³/mol. The van der Waals surface area contributed by atoms with E-state index >= 15 is 0 Å².